The van der Waals surface area contributed by atoms with E-state index in [4.69, 9.17) is 5.73 Å². The predicted molar refractivity (Wildman–Crippen MR) is 60.2 cm³/mol. The van der Waals surface area contributed by atoms with Crippen LogP contribution >= 0.6 is 0 Å². The summed E-state index contributed by atoms with van der Waals surface area (Å²) < 4.78 is 0. The molecule has 2 nitrogen and oxygen atoms in total. The van der Waals surface area contributed by atoms with Crippen LogP contribution in [0.1, 0.15) is 37.4 Å². The van der Waals surface area contributed by atoms with Gasteiger partial charge < -0.3 is 5.73 Å². The van der Waals surface area contributed by atoms with Crippen molar-refractivity contribution >= 4 is 0 Å². The lowest BCUT2D eigenvalue weighted by atomic mass is 10.1. The number of hydrogen-bond acceptors (Lipinski definition) is 2. The van der Waals surface area contributed by atoms with Crippen LogP contribution in [0, 0.1) is 6.92 Å². The van der Waals surface area contributed by atoms with E-state index in [-0.39, 0.29) is 6.04 Å². The van der Waals surface area contributed by atoms with Gasteiger partial charge in [-0.1, -0.05) is 25.8 Å². The van der Waals surface area contributed by atoms with Gasteiger partial charge in [0.2, 0.25) is 0 Å². The van der Waals surface area contributed by atoms with Crippen LogP contribution in [0.3, 0.4) is 0 Å². The molecule has 14 heavy (non-hydrogen) atoms. The number of pyridine rings is 1. The Balaban J connectivity index is 2.39. The number of nitrogens with zero attached hydrogens (tertiary/aromatic N) is 1. The number of unbranched alkanes of at least 4 members (excludes halogenated alkanes) is 1. The molecule has 0 aliphatic heterocycles. The first-order valence-corrected chi connectivity index (χ1v) is 5.39. The first-order chi connectivity index (χ1) is 6.72. The molecule has 1 aromatic heterocycles. The Morgan fingerprint density at radius 1 is 1.43 bits per heavy atom. The van der Waals surface area contributed by atoms with Crippen molar-refractivity contribution in [2.24, 2.45) is 5.73 Å². The van der Waals surface area contributed by atoms with Crippen LogP contribution in [0.4, 0.5) is 0 Å². The van der Waals surface area contributed by atoms with E-state index >= 15 is 0 Å². The molecule has 2 heteroatoms. The second-order valence-corrected chi connectivity index (χ2v) is 3.93. The Morgan fingerprint density at radius 3 is 2.79 bits per heavy atom. The Morgan fingerprint density at radius 2 is 2.21 bits per heavy atom. The van der Waals surface area contributed by atoms with Crippen LogP contribution in [0.5, 0.6) is 0 Å². The van der Waals surface area contributed by atoms with E-state index in [1.807, 2.05) is 13.1 Å². The van der Waals surface area contributed by atoms with Crippen LogP contribution < -0.4 is 5.73 Å². The van der Waals surface area contributed by atoms with Crippen LogP contribution in [0.15, 0.2) is 18.3 Å². The minimum Gasteiger partial charge on any atom is -0.327 e. The van der Waals surface area contributed by atoms with Crippen LogP contribution in [0.2, 0.25) is 0 Å². The van der Waals surface area contributed by atoms with Gasteiger partial charge in [0.1, 0.15) is 0 Å². The van der Waals surface area contributed by atoms with Crippen molar-refractivity contribution in [2.75, 3.05) is 0 Å². The van der Waals surface area contributed by atoms with Crippen molar-refractivity contribution in [1.29, 1.82) is 0 Å². The standard InChI is InChI=1S/C12H20N2/c1-3-4-5-11(13)8-12-7-6-10(2)9-14-12/h6-7,9,11H,3-5,8,13H2,1-2H3. The summed E-state index contributed by atoms with van der Waals surface area (Å²) in [7, 11) is 0. The second kappa shape index (κ2) is 5.76. The average Bonchev–Trinajstić information content (AvgIpc) is 2.18. The lowest BCUT2D eigenvalue weighted by Gasteiger charge is -2.09. The monoisotopic (exact) mass is 192 g/mol. The van der Waals surface area contributed by atoms with Gasteiger partial charge in [0, 0.05) is 24.4 Å². The summed E-state index contributed by atoms with van der Waals surface area (Å²) in [5, 5.41) is 0. The quantitative estimate of drug-likeness (QED) is 0.778. The van der Waals surface area contributed by atoms with Gasteiger partial charge in [-0.05, 0) is 25.0 Å². The van der Waals surface area contributed by atoms with Crippen LogP contribution in [0.25, 0.3) is 0 Å². The molecule has 0 fully saturated rings. The molecule has 0 amide bonds. The SMILES string of the molecule is CCCCC(N)Cc1ccc(C)cn1. The molecule has 78 valence electrons. The fraction of sp³-hybridized carbons (Fsp3) is 0.583. The smallest absolute Gasteiger partial charge is 0.0419 e. The summed E-state index contributed by atoms with van der Waals surface area (Å²) in [6.45, 7) is 4.24. The zero-order chi connectivity index (χ0) is 10.4. The summed E-state index contributed by atoms with van der Waals surface area (Å²) >= 11 is 0. The fourth-order valence-electron chi connectivity index (χ4n) is 1.46. The van der Waals surface area contributed by atoms with Gasteiger partial charge in [0.05, 0.1) is 0 Å². The van der Waals surface area contributed by atoms with E-state index in [1.165, 1.54) is 18.4 Å². The number of rotatable bonds is 5. The van der Waals surface area contributed by atoms with E-state index in [9.17, 15) is 0 Å². The number of aryl methyl sites for hydroxylation is 1. The Hall–Kier alpha value is -0.890. The zero-order valence-electron chi connectivity index (χ0n) is 9.16. The maximum atomic E-state index is 5.99. The molecular weight excluding hydrogens is 172 g/mol. The van der Waals surface area contributed by atoms with E-state index < -0.39 is 0 Å². The average molecular weight is 192 g/mol. The van der Waals surface area contributed by atoms with Crippen LogP contribution in [-0.4, -0.2) is 11.0 Å². The third kappa shape index (κ3) is 3.88. The van der Waals surface area contributed by atoms with Crippen molar-refractivity contribution in [3.8, 4) is 0 Å². The van der Waals surface area contributed by atoms with Gasteiger partial charge >= 0.3 is 0 Å². The summed E-state index contributed by atoms with van der Waals surface area (Å²) in [4.78, 5) is 4.35. The van der Waals surface area contributed by atoms with Gasteiger partial charge in [-0.25, -0.2) is 0 Å². The molecule has 1 rings (SSSR count). The minimum absolute atomic E-state index is 0.269. The number of nitrogens with two attached hydrogens (primary N) is 1. The summed E-state index contributed by atoms with van der Waals surface area (Å²) in [5.74, 6) is 0. The third-order valence-electron chi connectivity index (χ3n) is 2.37. The molecule has 2 N–H and O–H groups in total. The van der Waals surface area contributed by atoms with E-state index in [0.29, 0.717) is 0 Å². The van der Waals surface area contributed by atoms with Crippen molar-refractivity contribution in [2.45, 2.75) is 45.6 Å². The molecule has 1 atom stereocenters. The summed E-state index contributed by atoms with van der Waals surface area (Å²) in [5.41, 5.74) is 8.30. The normalized spacial score (nSPS) is 12.8. The maximum absolute atomic E-state index is 5.99. The van der Waals surface area contributed by atoms with Gasteiger partial charge in [-0.15, -0.1) is 0 Å². The topological polar surface area (TPSA) is 38.9 Å². The lowest BCUT2D eigenvalue weighted by molar-refractivity contribution is 0.568. The molecule has 1 aromatic rings. The molecular formula is C12H20N2. The van der Waals surface area contributed by atoms with Crippen molar-refractivity contribution in [3.63, 3.8) is 0 Å². The molecule has 0 aromatic carbocycles. The molecule has 1 heterocycles. The zero-order valence-corrected chi connectivity index (χ0v) is 9.16. The van der Waals surface area contributed by atoms with Crippen molar-refractivity contribution < 1.29 is 0 Å². The number of hydrogen-bond donors (Lipinski definition) is 1. The summed E-state index contributed by atoms with van der Waals surface area (Å²) in [6, 6.07) is 4.43. The molecule has 0 saturated carbocycles. The Kier molecular flexibility index (Phi) is 4.60. The lowest BCUT2D eigenvalue weighted by Crippen LogP contribution is -2.23. The second-order valence-electron chi connectivity index (χ2n) is 3.93. The number of aromatic nitrogens is 1. The van der Waals surface area contributed by atoms with E-state index in [0.717, 1.165) is 18.5 Å². The first-order valence-electron chi connectivity index (χ1n) is 5.39. The molecule has 0 spiro atoms. The Bertz CT molecular complexity index is 254. The first kappa shape index (κ1) is 11.2. The van der Waals surface area contributed by atoms with Gasteiger partial charge in [-0.3, -0.25) is 4.98 Å². The van der Waals surface area contributed by atoms with Crippen molar-refractivity contribution in [3.05, 3.63) is 29.6 Å². The molecule has 0 radical (unpaired) electrons. The van der Waals surface area contributed by atoms with E-state index in [1.54, 1.807) is 0 Å². The molecule has 0 aliphatic carbocycles. The van der Waals surface area contributed by atoms with Gasteiger partial charge in [0.15, 0.2) is 0 Å². The highest BCUT2D eigenvalue weighted by Gasteiger charge is 2.03. The highest BCUT2D eigenvalue weighted by molar-refractivity contribution is 5.12. The molecule has 0 aliphatic rings. The van der Waals surface area contributed by atoms with Crippen molar-refractivity contribution in [1.82, 2.24) is 4.98 Å². The molecule has 0 bridgehead atoms. The highest BCUT2D eigenvalue weighted by Crippen LogP contribution is 2.05. The van der Waals surface area contributed by atoms with Gasteiger partial charge in [0.25, 0.3) is 0 Å². The molecule has 0 saturated heterocycles. The van der Waals surface area contributed by atoms with Crippen LogP contribution in [-0.2, 0) is 6.42 Å². The highest BCUT2D eigenvalue weighted by atomic mass is 14.7. The largest absolute Gasteiger partial charge is 0.327 e. The minimum atomic E-state index is 0.269. The Labute approximate surface area is 86.5 Å². The van der Waals surface area contributed by atoms with E-state index in [2.05, 4.69) is 24.0 Å². The third-order valence-corrected chi connectivity index (χ3v) is 2.37. The van der Waals surface area contributed by atoms with Gasteiger partial charge in [-0.2, -0.15) is 0 Å². The maximum Gasteiger partial charge on any atom is 0.0419 e. The summed E-state index contributed by atoms with van der Waals surface area (Å²) in [6.07, 6.45) is 6.34. The fourth-order valence-corrected chi connectivity index (χ4v) is 1.46. The predicted octanol–water partition coefficient (Wildman–Crippen LogP) is 2.45. The molecule has 1 unspecified atom stereocenters.